The van der Waals surface area contributed by atoms with Gasteiger partial charge in [0.2, 0.25) is 0 Å². The van der Waals surface area contributed by atoms with Gasteiger partial charge < -0.3 is 0 Å². The molecule has 0 spiro atoms. The van der Waals surface area contributed by atoms with E-state index >= 15 is 0 Å². The normalized spacial score (nSPS) is 21.5. The molecule has 11 heavy (non-hydrogen) atoms. The molecule has 0 saturated heterocycles. The third kappa shape index (κ3) is 1.30. The molecule has 0 aromatic heterocycles. The van der Waals surface area contributed by atoms with Crippen molar-refractivity contribution >= 4 is 21.7 Å². The minimum absolute atomic E-state index is 0.0407. The number of Topliss-reactive ketones (excluding diaryl/α,β-unsaturated/α-hetero) is 1. The lowest BCUT2D eigenvalue weighted by Gasteiger charge is -2.15. The van der Waals surface area contributed by atoms with Gasteiger partial charge in [0.1, 0.15) is 5.41 Å². The molecule has 1 nitrogen and oxygen atoms in total. The number of rotatable bonds is 2. The van der Waals surface area contributed by atoms with Gasteiger partial charge in [-0.3, -0.25) is 4.79 Å². The maximum Gasteiger partial charge on any atom is 0.401 e. The molecular formula is C6H6BrF3O. The Morgan fingerprint density at radius 3 is 2.00 bits per heavy atom. The van der Waals surface area contributed by atoms with Crippen molar-refractivity contribution in [2.75, 3.05) is 5.33 Å². The molecule has 0 aromatic carbocycles. The summed E-state index contributed by atoms with van der Waals surface area (Å²) >= 11 is 2.73. The molecule has 0 aromatic rings. The second-order valence-corrected chi connectivity index (χ2v) is 3.20. The second-order valence-electron chi connectivity index (χ2n) is 2.64. The van der Waals surface area contributed by atoms with Crippen molar-refractivity contribution in [1.82, 2.24) is 0 Å². The van der Waals surface area contributed by atoms with Crippen LogP contribution in [0.25, 0.3) is 0 Å². The Kier molecular flexibility index (Phi) is 2.03. The van der Waals surface area contributed by atoms with Crippen molar-refractivity contribution < 1.29 is 18.0 Å². The van der Waals surface area contributed by atoms with Crippen LogP contribution in [0, 0.1) is 5.41 Å². The Morgan fingerprint density at radius 1 is 1.45 bits per heavy atom. The summed E-state index contributed by atoms with van der Waals surface area (Å²) in [6.07, 6.45) is -4.43. The van der Waals surface area contributed by atoms with E-state index in [2.05, 4.69) is 15.9 Å². The Morgan fingerprint density at radius 2 is 1.91 bits per heavy atom. The number of ketones is 1. The lowest BCUT2D eigenvalue weighted by Crippen LogP contribution is -2.33. The maximum atomic E-state index is 12.1. The van der Waals surface area contributed by atoms with Gasteiger partial charge >= 0.3 is 6.18 Å². The molecule has 0 unspecified atom stereocenters. The summed E-state index contributed by atoms with van der Waals surface area (Å²) in [7, 11) is 0. The first-order valence-electron chi connectivity index (χ1n) is 3.10. The van der Waals surface area contributed by atoms with Crippen molar-refractivity contribution in [2.45, 2.75) is 19.0 Å². The predicted octanol–water partition coefficient (Wildman–Crippen LogP) is 2.29. The van der Waals surface area contributed by atoms with Crippen molar-refractivity contribution in [3.63, 3.8) is 0 Å². The van der Waals surface area contributed by atoms with Gasteiger partial charge in [-0.1, -0.05) is 15.9 Å². The maximum absolute atomic E-state index is 12.1. The average molecular weight is 231 g/mol. The summed E-state index contributed by atoms with van der Waals surface area (Å²) in [5.74, 6) is -0.745. The molecule has 0 bridgehead atoms. The first-order chi connectivity index (χ1) is 4.94. The van der Waals surface area contributed by atoms with Gasteiger partial charge in [0.25, 0.3) is 0 Å². The SMILES string of the molecule is O=C(CBr)C1(C(F)(F)F)CC1. The summed E-state index contributed by atoms with van der Waals surface area (Å²) in [4.78, 5) is 10.8. The Bertz CT molecular complexity index is 183. The van der Waals surface area contributed by atoms with E-state index in [0.717, 1.165) is 0 Å². The number of carbonyl (C=O) groups excluding carboxylic acids is 1. The largest absolute Gasteiger partial charge is 0.401 e. The van der Waals surface area contributed by atoms with Gasteiger partial charge in [-0.05, 0) is 12.8 Å². The zero-order chi connectivity index (χ0) is 8.70. The van der Waals surface area contributed by atoms with Crippen LogP contribution >= 0.6 is 15.9 Å². The molecule has 0 radical (unpaired) electrons. The molecule has 0 aliphatic heterocycles. The van der Waals surface area contributed by atoms with Crippen molar-refractivity contribution in [2.24, 2.45) is 5.41 Å². The summed E-state index contributed by atoms with van der Waals surface area (Å²) in [6.45, 7) is 0. The molecule has 5 heteroatoms. The zero-order valence-electron chi connectivity index (χ0n) is 5.54. The first-order valence-corrected chi connectivity index (χ1v) is 4.22. The highest BCUT2D eigenvalue weighted by Crippen LogP contribution is 2.58. The molecule has 1 saturated carbocycles. The van der Waals surface area contributed by atoms with Crippen LogP contribution < -0.4 is 0 Å². The van der Waals surface area contributed by atoms with E-state index < -0.39 is 17.4 Å². The Balaban J connectivity index is 2.76. The second kappa shape index (κ2) is 2.47. The molecule has 1 aliphatic rings. The van der Waals surface area contributed by atoms with Gasteiger partial charge in [0, 0.05) is 0 Å². The summed E-state index contributed by atoms with van der Waals surface area (Å²) in [6, 6.07) is 0. The van der Waals surface area contributed by atoms with Gasteiger partial charge in [-0.2, -0.15) is 13.2 Å². The van der Waals surface area contributed by atoms with Crippen molar-refractivity contribution in [3.8, 4) is 0 Å². The minimum atomic E-state index is -4.35. The van der Waals surface area contributed by atoms with Crippen LogP contribution in [0.3, 0.4) is 0 Å². The van der Waals surface area contributed by atoms with Gasteiger partial charge in [0.05, 0.1) is 5.33 Å². The lowest BCUT2D eigenvalue weighted by atomic mass is 10.0. The minimum Gasteiger partial charge on any atom is -0.298 e. The highest BCUT2D eigenvalue weighted by Gasteiger charge is 2.67. The van der Waals surface area contributed by atoms with E-state index in [1.54, 1.807) is 0 Å². The van der Waals surface area contributed by atoms with Crippen LogP contribution in [-0.4, -0.2) is 17.3 Å². The van der Waals surface area contributed by atoms with Crippen molar-refractivity contribution in [3.05, 3.63) is 0 Å². The monoisotopic (exact) mass is 230 g/mol. The fourth-order valence-corrected chi connectivity index (χ4v) is 1.51. The highest BCUT2D eigenvalue weighted by atomic mass is 79.9. The van der Waals surface area contributed by atoms with E-state index in [0.29, 0.717) is 0 Å². The third-order valence-electron chi connectivity index (χ3n) is 1.95. The molecule has 0 amide bonds. The molecule has 1 fully saturated rings. The van der Waals surface area contributed by atoms with Crippen LogP contribution in [0.5, 0.6) is 0 Å². The molecule has 64 valence electrons. The fourth-order valence-electron chi connectivity index (χ4n) is 0.973. The predicted molar refractivity (Wildman–Crippen MR) is 36.5 cm³/mol. The van der Waals surface area contributed by atoms with Crippen LogP contribution in [0.4, 0.5) is 13.2 Å². The zero-order valence-corrected chi connectivity index (χ0v) is 7.13. The lowest BCUT2D eigenvalue weighted by molar-refractivity contribution is -0.189. The van der Waals surface area contributed by atoms with Crippen LogP contribution in [0.1, 0.15) is 12.8 Å². The Hall–Kier alpha value is -0.0600. The van der Waals surface area contributed by atoms with E-state index in [1.807, 2.05) is 0 Å². The molecule has 0 atom stereocenters. The number of hydrogen-bond donors (Lipinski definition) is 0. The summed E-state index contributed by atoms with van der Waals surface area (Å²) in [5.41, 5.74) is -1.99. The summed E-state index contributed by atoms with van der Waals surface area (Å²) in [5, 5.41) is -0.202. The van der Waals surface area contributed by atoms with E-state index in [4.69, 9.17) is 0 Å². The molecular weight excluding hydrogens is 225 g/mol. The fraction of sp³-hybridized carbons (Fsp3) is 0.833. The quantitative estimate of drug-likeness (QED) is 0.666. The highest BCUT2D eigenvalue weighted by molar-refractivity contribution is 9.09. The average Bonchev–Trinajstić information content (AvgIpc) is 2.63. The molecule has 0 N–H and O–H groups in total. The smallest absolute Gasteiger partial charge is 0.298 e. The molecule has 0 heterocycles. The standard InChI is InChI=1S/C6H6BrF3O/c7-3-4(11)5(1-2-5)6(8,9)10/h1-3H2. The topological polar surface area (TPSA) is 17.1 Å². The molecule has 1 rings (SSSR count). The number of carbonyl (C=O) groups is 1. The van der Waals surface area contributed by atoms with Gasteiger partial charge in [-0.25, -0.2) is 0 Å². The number of hydrogen-bond acceptors (Lipinski definition) is 1. The Labute approximate surface area is 70.1 Å². The van der Waals surface area contributed by atoms with E-state index in [-0.39, 0.29) is 18.2 Å². The van der Waals surface area contributed by atoms with Gasteiger partial charge in [0.15, 0.2) is 5.78 Å². The van der Waals surface area contributed by atoms with E-state index in [9.17, 15) is 18.0 Å². The molecule has 1 aliphatic carbocycles. The van der Waals surface area contributed by atoms with Crippen LogP contribution in [-0.2, 0) is 4.79 Å². The third-order valence-corrected chi connectivity index (χ3v) is 2.46. The van der Waals surface area contributed by atoms with E-state index in [1.165, 1.54) is 0 Å². The van der Waals surface area contributed by atoms with Crippen LogP contribution in [0.15, 0.2) is 0 Å². The number of alkyl halides is 4. The first kappa shape index (κ1) is 9.03. The number of halogens is 4. The summed E-state index contributed by atoms with van der Waals surface area (Å²) < 4.78 is 36.3. The van der Waals surface area contributed by atoms with Crippen molar-refractivity contribution in [1.29, 1.82) is 0 Å². The van der Waals surface area contributed by atoms with Crippen LogP contribution in [0.2, 0.25) is 0 Å². The van der Waals surface area contributed by atoms with Gasteiger partial charge in [-0.15, -0.1) is 0 Å².